The SMILES string of the molecule is CN(C)C(CNC(=O)NC1CCCCC1)c1ccc2c(c1)OCO2. The predicted octanol–water partition coefficient (Wildman–Crippen LogP) is 2.65. The summed E-state index contributed by atoms with van der Waals surface area (Å²) in [4.78, 5) is 14.3. The minimum Gasteiger partial charge on any atom is -0.454 e. The molecule has 0 saturated heterocycles. The third-order valence-corrected chi connectivity index (χ3v) is 4.80. The van der Waals surface area contributed by atoms with Gasteiger partial charge in [0.05, 0.1) is 6.04 Å². The standard InChI is InChI=1S/C18H27N3O3/c1-21(2)15(13-8-9-16-17(10-13)24-12-23-16)11-19-18(22)20-14-6-4-3-5-7-14/h8-10,14-15H,3-7,11-12H2,1-2H3,(H2,19,20,22). The lowest BCUT2D eigenvalue weighted by atomic mass is 9.96. The first-order chi connectivity index (χ1) is 11.6. The average Bonchev–Trinajstić information content (AvgIpc) is 3.03. The van der Waals surface area contributed by atoms with Crippen molar-refractivity contribution in [3.05, 3.63) is 23.8 Å². The van der Waals surface area contributed by atoms with Crippen LogP contribution in [-0.2, 0) is 0 Å². The van der Waals surface area contributed by atoms with E-state index in [1.807, 2.05) is 32.3 Å². The number of nitrogens with zero attached hydrogens (tertiary/aromatic N) is 1. The summed E-state index contributed by atoms with van der Waals surface area (Å²) in [5, 5.41) is 6.11. The summed E-state index contributed by atoms with van der Waals surface area (Å²) >= 11 is 0. The molecule has 3 rings (SSSR count). The minimum atomic E-state index is -0.0745. The largest absolute Gasteiger partial charge is 0.454 e. The number of nitrogens with one attached hydrogen (secondary N) is 2. The molecule has 1 heterocycles. The van der Waals surface area contributed by atoms with E-state index in [9.17, 15) is 4.79 Å². The van der Waals surface area contributed by atoms with Crippen LogP contribution in [0.3, 0.4) is 0 Å². The third-order valence-electron chi connectivity index (χ3n) is 4.80. The van der Waals surface area contributed by atoms with Gasteiger partial charge in [-0.3, -0.25) is 0 Å². The molecule has 2 N–H and O–H groups in total. The number of likely N-dealkylation sites (N-methyl/N-ethyl adjacent to an activating group) is 1. The van der Waals surface area contributed by atoms with Gasteiger partial charge in [-0.25, -0.2) is 4.79 Å². The fourth-order valence-corrected chi connectivity index (χ4v) is 3.39. The molecule has 0 aromatic heterocycles. The Morgan fingerprint density at radius 1 is 1.21 bits per heavy atom. The summed E-state index contributed by atoms with van der Waals surface area (Å²) in [6, 6.07) is 6.27. The van der Waals surface area contributed by atoms with Crippen molar-refractivity contribution in [2.24, 2.45) is 0 Å². The molecule has 1 fully saturated rings. The molecule has 6 nitrogen and oxygen atoms in total. The molecule has 1 aromatic rings. The van der Waals surface area contributed by atoms with Gasteiger partial charge in [-0.15, -0.1) is 0 Å². The van der Waals surface area contributed by atoms with Crippen LogP contribution in [0.2, 0.25) is 0 Å². The first kappa shape index (κ1) is 16.9. The molecule has 0 spiro atoms. The topological polar surface area (TPSA) is 62.8 Å². The number of ether oxygens (including phenoxy) is 2. The minimum absolute atomic E-state index is 0.0745. The Kier molecular flexibility index (Phi) is 5.45. The lowest BCUT2D eigenvalue weighted by Gasteiger charge is -2.27. The molecule has 1 saturated carbocycles. The smallest absolute Gasteiger partial charge is 0.315 e. The third kappa shape index (κ3) is 4.12. The highest BCUT2D eigenvalue weighted by atomic mass is 16.7. The van der Waals surface area contributed by atoms with Gasteiger partial charge in [0.2, 0.25) is 6.79 Å². The van der Waals surface area contributed by atoms with Crippen LogP contribution in [0.4, 0.5) is 4.79 Å². The summed E-state index contributed by atoms with van der Waals surface area (Å²) < 4.78 is 10.8. The summed E-state index contributed by atoms with van der Waals surface area (Å²) in [5.74, 6) is 1.55. The molecule has 1 atom stereocenters. The van der Waals surface area contributed by atoms with Gasteiger partial charge in [-0.1, -0.05) is 25.3 Å². The number of fused-ring (bicyclic) bond motifs is 1. The second kappa shape index (κ2) is 7.75. The van der Waals surface area contributed by atoms with Crippen LogP contribution < -0.4 is 20.1 Å². The fraction of sp³-hybridized carbons (Fsp3) is 0.611. The van der Waals surface area contributed by atoms with Crippen molar-refractivity contribution >= 4 is 6.03 Å². The van der Waals surface area contributed by atoms with Crippen LogP contribution in [0, 0.1) is 0 Å². The molecule has 6 heteroatoms. The Balaban J connectivity index is 1.57. The van der Waals surface area contributed by atoms with Gasteiger partial charge < -0.3 is 25.0 Å². The lowest BCUT2D eigenvalue weighted by molar-refractivity contribution is 0.174. The molecular formula is C18H27N3O3. The van der Waals surface area contributed by atoms with Gasteiger partial charge in [0.15, 0.2) is 11.5 Å². The Morgan fingerprint density at radius 2 is 1.96 bits per heavy atom. The van der Waals surface area contributed by atoms with Gasteiger partial charge in [0.25, 0.3) is 0 Å². The molecular weight excluding hydrogens is 306 g/mol. The Hall–Kier alpha value is -1.95. The highest BCUT2D eigenvalue weighted by molar-refractivity contribution is 5.74. The molecule has 0 radical (unpaired) electrons. The van der Waals surface area contributed by atoms with E-state index in [0.717, 1.165) is 29.9 Å². The van der Waals surface area contributed by atoms with Gasteiger partial charge >= 0.3 is 6.03 Å². The lowest BCUT2D eigenvalue weighted by Crippen LogP contribution is -2.45. The van der Waals surface area contributed by atoms with E-state index in [1.54, 1.807) is 0 Å². The van der Waals surface area contributed by atoms with Crippen molar-refractivity contribution < 1.29 is 14.3 Å². The number of hydrogen-bond acceptors (Lipinski definition) is 4. The number of carbonyl (C=O) groups excluding carboxylic acids is 1. The van der Waals surface area contributed by atoms with E-state index in [2.05, 4.69) is 15.5 Å². The van der Waals surface area contributed by atoms with Crippen LogP contribution in [0.1, 0.15) is 43.7 Å². The number of carbonyl (C=O) groups is 1. The van der Waals surface area contributed by atoms with Gasteiger partial charge in [-0.2, -0.15) is 0 Å². The van der Waals surface area contributed by atoms with E-state index < -0.39 is 0 Å². The van der Waals surface area contributed by atoms with Crippen LogP contribution in [0.5, 0.6) is 11.5 Å². The second-order valence-electron chi connectivity index (χ2n) is 6.78. The predicted molar refractivity (Wildman–Crippen MR) is 92.4 cm³/mol. The monoisotopic (exact) mass is 333 g/mol. The van der Waals surface area contributed by atoms with E-state index in [4.69, 9.17) is 9.47 Å². The molecule has 1 aliphatic carbocycles. The van der Waals surface area contributed by atoms with Crippen LogP contribution in [0.15, 0.2) is 18.2 Å². The molecule has 132 valence electrons. The Labute approximate surface area is 143 Å². The number of urea groups is 1. The van der Waals surface area contributed by atoms with Crippen molar-refractivity contribution in [3.63, 3.8) is 0 Å². The van der Waals surface area contributed by atoms with Crippen LogP contribution >= 0.6 is 0 Å². The highest BCUT2D eigenvalue weighted by Crippen LogP contribution is 2.34. The van der Waals surface area contributed by atoms with E-state index >= 15 is 0 Å². The zero-order chi connectivity index (χ0) is 16.9. The van der Waals surface area contributed by atoms with Crippen molar-refractivity contribution in [1.29, 1.82) is 0 Å². The highest BCUT2D eigenvalue weighted by Gasteiger charge is 2.21. The van der Waals surface area contributed by atoms with E-state index in [-0.39, 0.29) is 18.9 Å². The summed E-state index contributed by atoms with van der Waals surface area (Å²) in [6.45, 7) is 0.818. The maximum Gasteiger partial charge on any atom is 0.315 e. The molecule has 24 heavy (non-hydrogen) atoms. The van der Waals surface area contributed by atoms with E-state index in [0.29, 0.717) is 12.6 Å². The molecule has 1 aliphatic heterocycles. The Bertz CT molecular complexity index is 571. The maximum absolute atomic E-state index is 12.2. The number of hydrogen-bond donors (Lipinski definition) is 2. The summed E-state index contributed by atoms with van der Waals surface area (Å²) in [5.41, 5.74) is 1.10. The molecule has 0 bridgehead atoms. The van der Waals surface area contributed by atoms with Crippen LogP contribution in [0.25, 0.3) is 0 Å². The molecule has 1 unspecified atom stereocenters. The molecule has 1 aromatic carbocycles. The van der Waals surface area contributed by atoms with E-state index in [1.165, 1.54) is 19.3 Å². The normalized spacial score (nSPS) is 18.5. The molecule has 2 amide bonds. The first-order valence-corrected chi connectivity index (χ1v) is 8.74. The zero-order valence-corrected chi connectivity index (χ0v) is 14.5. The second-order valence-corrected chi connectivity index (χ2v) is 6.78. The van der Waals surface area contributed by atoms with Crippen molar-refractivity contribution in [2.75, 3.05) is 27.4 Å². The van der Waals surface area contributed by atoms with Crippen LogP contribution in [-0.4, -0.2) is 44.4 Å². The van der Waals surface area contributed by atoms with Gasteiger partial charge in [-0.05, 0) is 44.6 Å². The molecule has 2 aliphatic rings. The quantitative estimate of drug-likeness (QED) is 0.869. The average molecular weight is 333 g/mol. The maximum atomic E-state index is 12.2. The summed E-state index contributed by atoms with van der Waals surface area (Å²) in [7, 11) is 4.02. The number of rotatable bonds is 5. The first-order valence-electron chi connectivity index (χ1n) is 8.74. The number of benzene rings is 1. The summed E-state index contributed by atoms with van der Waals surface area (Å²) in [6.07, 6.45) is 5.89. The number of amides is 2. The van der Waals surface area contributed by atoms with Gasteiger partial charge in [0.1, 0.15) is 0 Å². The van der Waals surface area contributed by atoms with Crippen molar-refractivity contribution in [1.82, 2.24) is 15.5 Å². The fourth-order valence-electron chi connectivity index (χ4n) is 3.39. The van der Waals surface area contributed by atoms with Crippen molar-refractivity contribution in [3.8, 4) is 11.5 Å². The zero-order valence-electron chi connectivity index (χ0n) is 14.5. The van der Waals surface area contributed by atoms with Gasteiger partial charge in [0, 0.05) is 12.6 Å². The Morgan fingerprint density at radius 3 is 2.71 bits per heavy atom. The van der Waals surface area contributed by atoms with Crippen molar-refractivity contribution in [2.45, 2.75) is 44.2 Å².